The molecule has 2 aliphatic rings. The molecule has 4 rings (SSSR count). The number of aromatic nitrogens is 1. The molecule has 1 aromatic carbocycles. The van der Waals surface area contributed by atoms with Crippen molar-refractivity contribution in [3.05, 3.63) is 41.5 Å². The third-order valence-corrected chi connectivity index (χ3v) is 5.41. The summed E-state index contributed by atoms with van der Waals surface area (Å²) in [6, 6.07) is 10.2. The molecule has 1 saturated heterocycles. The van der Waals surface area contributed by atoms with E-state index in [4.69, 9.17) is 10.5 Å². The average molecular weight is 337 g/mol. The van der Waals surface area contributed by atoms with Gasteiger partial charge in [0.25, 0.3) is 0 Å². The van der Waals surface area contributed by atoms with Gasteiger partial charge in [-0.25, -0.2) is 4.98 Å². The topological polar surface area (TPSA) is 60.2 Å². The van der Waals surface area contributed by atoms with E-state index in [-0.39, 0.29) is 0 Å². The zero-order valence-electron chi connectivity index (χ0n) is 14.8. The molecular formula is C21H27N3O. The molecule has 4 nitrogen and oxygen atoms in total. The van der Waals surface area contributed by atoms with Crippen molar-refractivity contribution in [1.82, 2.24) is 10.3 Å². The molecule has 1 aromatic heterocycles. The summed E-state index contributed by atoms with van der Waals surface area (Å²) in [4.78, 5) is 4.53. The summed E-state index contributed by atoms with van der Waals surface area (Å²) in [5, 5.41) is 3.47. The van der Waals surface area contributed by atoms with Crippen molar-refractivity contribution in [3.63, 3.8) is 0 Å². The fraction of sp³-hybridized carbons (Fsp3) is 0.476. The second kappa shape index (κ2) is 7.44. The molecule has 1 atom stereocenters. The molecule has 1 fully saturated rings. The van der Waals surface area contributed by atoms with Crippen LogP contribution in [0.3, 0.4) is 0 Å². The van der Waals surface area contributed by atoms with Crippen LogP contribution in [0.15, 0.2) is 30.3 Å². The largest absolute Gasteiger partial charge is 0.493 e. The smallest absolute Gasteiger partial charge is 0.124 e. The average Bonchev–Trinajstić information content (AvgIpc) is 2.67. The number of nitrogens with one attached hydrogen (secondary N) is 1. The first kappa shape index (κ1) is 16.4. The highest BCUT2D eigenvalue weighted by atomic mass is 16.5. The lowest BCUT2D eigenvalue weighted by Gasteiger charge is -2.26. The van der Waals surface area contributed by atoms with Crippen molar-refractivity contribution in [3.8, 4) is 17.0 Å². The second-order valence-electron chi connectivity index (χ2n) is 7.25. The molecule has 2 heterocycles. The van der Waals surface area contributed by atoms with Gasteiger partial charge in [0.1, 0.15) is 11.6 Å². The maximum Gasteiger partial charge on any atom is 0.124 e. The molecule has 4 heteroatoms. The Labute approximate surface area is 149 Å². The number of hydrogen-bond acceptors (Lipinski definition) is 4. The fourth-order valence-corrected chi connectivity index (χ4v) is 4.09. The van der Waals surface area contributed by atoms with Crippen LogP contribution in [-0.2, 0) is 12.8 Å². The summed E-state index contributed by atoms with van der Waals surface area (Å²) in [5.74, 6) is 2.28. The summed E-state index contributed by atoms with van der Waals surface area (Å²) in [5.41, 5.74) is 10.9. The van der Waals surface area contributed by atoms with Crippen molar-refractivity contribution in [1.29, 1.82) is 0 Å². The van der Waals surface area contributed by atoms with Crippen LogP contribution in [0, 0.1) is 5.92 Å². The third kappa shape index (κ3) is 3.64. The number of benzene rings is 1. The number of nitrogen functional groups attached to an aromatic ring is 1. The van der Waals surface area contributed by atoms with Gasteiger partial charge in [-0.3, -0.25) is 0 Å². The van der Waals surface area contributed by atoms with Crippen LogP contribution in [0.5, 0.6) is 5.75 Å². The van der Waals surface area contributed by atoms with Gasteiger partial charge in [-0.1, -0.05) is 6.07 Å². The second-order valence-corrected chi connectivity index (χ2v) is 7.25. The van der Waals surface area contributed by atoms with E-state index in [9.17, 15) is 0 Å². The number of anilines is 1. The minimum atomic E-state index is 0.576. The number of nitrogens with two attached hydrogens (primary N) is 1. The van der Waals surface area contributed by atoms with Crippen LogP contribution in [0.4, 0.5) is 5.82 Å². The van der Waals surface area contributed by atoms with Crippen LogP contribution >= 0.6 is 0 Å². The van der Waals surface area contributed by atoms with E-state index in [0.717, 1.165) is 44.0 Å². The molecule has 0 amide bonds. The minimum Gasteiger partial charge on any atom is -0.493 e. The van der Waals surface area contributed by atoms with Crippen molar-refractivity contribution >= 4 is 5.82 Å². The normalized spacial score (nSPS) is 20.1. The Bertz CT molecular complexity index is 738. The van der Waals surface area contributed by atoms with Crippen molar-refractivity contribution in [2.24, 2.45) is 5.92 Å². The summed E-state index contributed by atoms with van der Waals surface area (Å²) in [6.45, 7) is 3.04. The van der Waals surface area contributed by atoms with Gasteiger partial charge in [0, 0.05) is 18.0 Å². The van der Waals surface area contributed by atoms with Gasteiger partial charge in [-0.15, -0.1) is 0 Å². The van der Waals surface area contributed by atoms with E-state index < -0.39 is 0 Å². The minimum absolute atomic E-state index is 0.576. The van der Waals surface area contributed by atoms with Crippen molar-refractivity contribution in [2.75, 3.05) is 25.4 Å². The SMILES string of the molecule is Nc1cccc(-c2ccc(OCC3CCCNC3)c3c2CCCC3)n1. The van der Waals surface area contributed by atoms with E-state index in [1.807, 2.05) is 12.1 Å². The van der Waals surface area contributed by atoms with Crippen LogP contribution in [0.2, 0.25) is 0 Å². The van der Waals surface area contributed by atoms with E-state index in [1.165, 1.54) is 42.4 Å². The van der Waals surface area contributed by atoms with Crippen LogP contribution in [-0.4, -0.2) is 24.7 Å². The summed E-state index contributed by atoms with van der Waals surface area (Å²) in [7, 11) is 0. The Morgan fingerprint density at radius 1 is 1.08 bits per heavy atom. The lowest BCUT2D eigenvalue weighted by atomic mass is 9.86. The molecule has 25 heavy (non-hydrogen) atoms. The predicted octanol–water partition coefficient (Wildman–Crippen LogP) is 3.59. The number of ether oxygens (including phenoxy) is 1. The first-order valence-electron chi connectivity index (χ1n) is 9.52. The third-order valence-electron chi connectivity index (χ3n) is 5.41. The lowest BCUT2D eigenvalue weighted by molar-refractivity contribution is 0.216. The Balaban J connectivity index is 1.61. The van der Waals surface area contributed by atoms with Gasteiger partial charge < -0.3 is 15.8 Å². The molecule has 1 aliphatic carbocycles. The number of piperidine rings is 1. The number of hydrogen-bond donors (Lipinski definition) is 2. The van der Waals surface area contributed by atoms with E-state index in [0.29, 0.717) is 11.7 Å². The molecule has 0 saturated carbocycles. The van der Waals surface area contributed by atoms with Crippen LogP contribution in [0.1, 0.15) is 36.8 Å². The number of rotatable bonds is 4. The Morgan fingerprint density at radius 3 is 2.76 bits per heavy atom. The number of fused-ring (bicyclic) bond motifs is 1. The highest BCUT2D eigenvalue weighted by Crippen LogP contribution is 2.37. The summed E-state index contributed by atoms with van der Waals surface area (Å²) >= 11 is 0. The van der Waals surface area contributed by atoms with Crippen LogP contribution < -0.4 is 15.8 Å². The maximum atomic E-state index is 6.27. The molecule has 3 N–H and O–H groups in total. The molecule has 2 aromatic rings. The predicted molar refractivity (Wildman–Crippen MR) is 102 cm³/mol. The molecule has 1 aliphatic heterocycles. The van der Waals surface area contributed by atoms with Gasteiger partial charge in [0.05, 0.1) is 12.3 Å². The standard InChI is InChI=1S/C21H27N3O/c22-21-9-3-8-19(24-21)17-10-11-20(18-7-2-1-6-16(17)18)25-14-15-5-4-12-23-13-15/h3,8-11,15,23H,1-2,4-7,12-14H2,(H2,22,24). The van der Waals surface area contributed by atoms with Crippen molar-refractivity contribution in [2.45, 2.75) is 38.5 Å². The fourth-order valence-electron chi connectivity index (χ4n) is 4.09. The summed E-state index contributed by atoms with van der Waals surface area (Å²) < 4.78 is 6.27. The highest BCUT2D eigenvalue weighted by molar-refractivity contribution is 5.69. The Morgan fingerprint density at radius 2 is 1.96 bits per heavy atom. The first-order valence-corrected chi connectivity index (χ1v) is 9.52. The van der Waals surface area contributed by atoms with E-state index in [2.05, 4.69) is 28.5 Å². The quantitative estimate of drug-likeness (QED) is 0.895. The van der Waals surface area contributed by atoms with Gasteiger partial charge in [0.2, 0.25) is 0 Å². The number of nitrogens with zero attached hydrogens (tertiary/aromatic N) is 1. The summed E-state index contributed by atoms with van der Waals surface area (Å²) in [6.07, 6.45) is 7.19. The van der Waals surface area contributed by atoms with E-state index >= 15 is 0 Å². The number of pyridine rings is 1. The maximum absolute atomic E-state index is 6.27. The van der Waals surface area contributed by atoms with Gasteiger partial charge >= 0.3 is 0 Å². The monoisotopic (exact) mass is 337 g/mol. The zero-order valence-corrected chi connectivity index (χ0v) is 14.8. The zero-order chi connectivity index (χ0) is 17.1. The highest BCUT2D eigenvalue weighted by Gasteiger charge is 2.21. The van der Waals surface area contributed by atoms with Crippen molar-refractivity contribution < 1.29 is 4.74 Å². The van der Waals surface area contributed by atoms with Crippen LogP contribution in [0.25, 0.3) is 11.3 Å². The molecular weight excluding hydrogens is 310 g/mol. The molecule has 0 bridgehead atoms. The van der Waals surface area contributed by atoms with Gasteiger partial charge in [-0.05, 0) is 80.5 Å². The Hall–Kier alpha value is -2.07. The van der Waals surface area contributed by atoms with Gasteiger partial charge in [-0.2, -0.15) is 0 Å². The molecule has 132 valence electrons. The van der Waals surface area contributed by atoms with E-state index in [1.54, 1.807) is 0 Å². The Kier molecular flexibility index (Phi) is 4.88. The molecule has 0 spiro atoms. The van der Waals surface area contributed by atoms with Gasteiger partial charge in [0.15, 0.2) is 0 Å². The molecule has 0 radical (unpaired) electrons. The molecule has 1 unspecified atom stereocenters. The lowest BCUT2D eigenvalue weighted by Crippen LogP contribution is -2.33. The first-order chi connectivity index (χ1) is 12.3.